The monoisotopic (exact) mass is 402 g/mol. The first-order chi connectivity index (χ1) is 13.7. The van der Waals surface area contributed by atoms with Gasteiger partial charge in [-0.25, -0.2) is 4.79 Å². The molecule has 6 nitrogen and oxygen atoms in total. The molecule has 7 heteroatoms. The number of hydrogen-bond donors (Lipinski definition) is 2. The molecule has 0 spiro atoms. The van der Waals surface area contributed by atoms with Gasteiger partial charge >= 0.3 is 5.63 Å². The SMILES string of the molecule is COc1ccc2c(C[NH2+]C[C@H](c3cccs3)[NH+]3CCOCC3)cc(=O)oc2c1. The van der Waals surface area contributed by atoms with E-state index >= 15 is 0 Å². The second kappa shape index (κ2) is 8.87. The average molecular weight is 403 g/mol. The molecule has 2 aromatic heterocycles. The predicted octanol–water partition coefficient (Wildman–Crippen LogP) is 0.583. The van der Waals surface area contributed by atoms with Crippen LogP contribution in [0.3, 0.4) is 0 Å². The van der Waals surface area contributed by atoms with Crippen LogP contribution in [0, 0.1) is 0 Å². The fourth-order valence-electron chi connectivity index (χ4n) is 3.87. The van der Waals surface area contributed by atoms with Crippen LogP contribution in [0.15, 0.2) is 51.0 Å². The Morgan fingerprint density at radius 1 is 1.25 bits per heavy atom. The maximum absolute atomic E-state index is 12.0. The van der Waals surface area contributed by atoms with Gasteiger partial charge in [0, 0.05) is 23.1 Å². The molecule has 3 N–H and O–H groups in total. The topological polar surface area (TPSA) is 69.7 Å². The number of rotatable bonds is 7. The number of benzene rings is 1. The highest BCUT2D eigenvalue weighted by Crippen LogP contribution is 2.22. The van der Waals surface area contributed by atoms with Crippen LogP contribution in [0.1, 0.15) is 16.5 Å². The minimum Gasteiger partial charge on any atom is -0.497 e. The number of nitrogens with one attached hydrogen (secondary N) is 1. The molecule has 1 aliphatic heterocycles. The lowest BCUT2D eigenvalue weighted by Crippen LogP contribution is -3.16. The van der Waals surface area contributed by atoms with Crippen LogP contribution in [0.4, 0.5) is 0 Å². The summed E-state index contributed by atoms with van der Waals surface area (Å²) in [5.74, 6) is 0.686. The summed E-state index contributed by atoms with van der Waals surface area (Å²) in [5.41, 5.74) is 1.25. The highest BCUT2D eigenvalue weighted by Gasteiger charge is 2.28. The van der Waals surface area contributed by atoms with E-state index < -0.39 is 0 Å². The van der Waals surface area contributed by atoms with E-state index in [4.69, 9.17) is 13.9 Å². The second-order valence-corrected chi connectivity index (χ2v) is 8.00. The van der Waals surface area contributed by atoms with Crippen molar-refractivity contribution in [1.82, 2.24) is 0 Å². The lowest BCUT2D eigenvalue weighted by molar-refractivity contribution is -0.952. The Morgan fingerprint density at radius 3 is 2.86 bits per heavy atom. The van der Waals surface area contributed by atoms with Gasteiger partial charge in [-0.3, -0.25) is 0 Å². The number of quaternary nitrogens is 2. The molecular weight excluding hydrogens is 376 g/mol. The number of hydrogen-bond acceptors (Lipinski definition) is 5. The summed E-state index contributed by atoms with van der Waals surface area (Å²) in [6, 6.07) is 12.0. The van der Waals surface area contributed by atoms with Gasteiger partial charge in [-0.1, -0.05) is 6.07 Å². The molecule has 0 saturated carbocycles. The molecule has 28 heavy (non-hydrogen) atoms. The zero-order chi connectivity index (χ0) is 19.3. The summed E-state index contributed by atoms with van der Waals surface area (Å²) in [6.07, 6.45) is 0. The lowest BCUT2D eigenvalue weighted by Gasteiger charge is -2.30. The Labute approximate surface area is 167 Å². The summed E-state index contributed by atoms with van der Waals surface area (Å²) in [4.78, 5) is 15.0. The maximum Gasteiger partial charge on any atom is 0.336 e. The molecule has 1 fully saturated rings. The van der Waals surface area contributed by atoms with Gasteiger partial charge < -0.3 is 24.1 Å². The van der Waals surface area contributed by atoms with Crippen LogP contribution >= 0.6 is 11.3 Å². The molecule has 0 radical (unpaired) electrons. The molecule has 1 aromatic carbocycles. The van der Waals surface area contributed by atoms with Gasteiger partial charge in [-0.05, 0) is 23.6 Å². The number of thiophene rings is 1. The van der Waals surface area contributed by atoms with Crippen molar-refractivity contribution in [2.75, 3.05) is 40.0 Å². The number of morpholine rings is 1. The second-order valence-electron chi connectivity index (χ2n) is 7.02. The Morgan fingerprint density at radius 2 is 2.11 bits per heavy atom. The zero-order valence-electron chi connectivity index (χ0n) is 16.0. The molecule has 148 valence electrons. The Balaban J connectivity index is 1.50. The van der Waals surface area contributed by atoms with Gasteiger partial charge in [0.1, 0.15) is 37.5 Å². The van der Waals surface area contributed by atoms with E-state index in [0.717, 1.165) is 50.3 Å². The van der Waals surface area contributed by atoms with E-state index in [-0.39, 0.29) is 5.63 Å². The fourth-order valence-corrected chi connectivity index (χ4v) is 4.77. The van der Waals surface area contributed by atoms with Crippen molar-refractivity contribution in [3.05, 3.63) is 62.6 Å². The van der Waals surface area contributed by atoms with E-state index in [0.29, 0.717) is 17.4 Å². The Hall–Kier alpha value is -2.19. The minimum absolute atomic E-state index is 0.322. The average Bonchev–Trinajstić information content (AvgIpc) is 3.25. The molecule has 4 rings (SSSR count). The third kappa shape index (κ3) is 4.28. The molecule has 1 saturated heterocycles. The molecule has 0 bridgehead atoms. The molecular formula is C21H26N2O4S+2. The van der Waals surface area contributed by atoms with E-state index in [1.54, 1.807) is 24.1 Å². The highest BCUT2D eigenvalue weighted by molar-refractivity contribution is 7.10. The van der Waals surface area contributed by atoms with Gasteiger partial charge in [0.25, 0.3) is 0 Å². The van der Waals surface area contributed by atoms with Crippen LogP contribution in [-0.4, -0.2) is 40.0 Å². The van der Waals surface area contributed by atoms with Gasteiger partial charge in [0.15, 0.2) is 6.04 Å². The first kappa shape index (κ1) is 19.1. The largest absolute Gasteiger partial charge is 0.497 e. The molecule has 3 aromatic rings. The van der Waals surface area contributed by atoms with Gasteiger partial charge in [-0.15, -0.1) is 11.3 Å². The predicted molar refractivity (Wildman–Crippen MR) is 108 cm³/mol. The molecule has 0 aliphatic carbocycles. The van der Waals surface area contributed by atoms with E-state index in [2.05, 4.69) is 22.8 Å². The van der Waals surface area contributed by atoms with Crippen molar-refractivity contribution >= 4 is 22.3 Å². The van der Waals surface area contributed by atoms with Crippen LogP contribution in [0.5, 0.6) is 5.75 Å². The summed E-state index contributed by atoms with van der Waals surface area (Å²) >= 11 is 1.82. The summed E-state index contributed by atoms with van der Waals surface area (Å²) < 4.78 is 16.1. The molecule has 0 unspecified atom stereocenters. The van der Waals surface area contributed by atoms with Crippen LogP contribution < -0.4 is 20.6 Å². The molecule has 1 aliphatic rings. The summed E-state index contributed by atoms with van der Waals surface area (Å²) in [7, 11) is 1.61. The van der Waals surface area contributed by atoms with Crippen molar-refractivity contribution < 1.29 is 24.1 Å². The lowest BCUT2D eigenvalue weighted by atomic mass is 10.1. The molecule has 0 amide bonds. The van der Waals surface area contributed by atoms with Crippen LogP contribution in [0.2, 0.25) is 0 Å². The van der Waals surface area contributed by atoms with E-state index in [1.807, 2.05) is 23.5 Å². The van der Waals surface area contributed by atoms with Crippen molar-refractivity contribution in [2.24, 2.45) is 0 Å². The third-order valence-corrected chi connectivity index (χ3v) is 6.30. The third-order valence-electron chi connectivity index (χ3n) is 5.32. The first-order valence-electron chi connectivity index (χ1n) is 9.63. The van der Waals surface area contributed by atoms with Gasteiger partial charge in [0.2, 0.25) is 0 Å². The standard InChI is InChI=1S/C21H24N2O4S/c1-25-16-4-5-17-15(11-21(24)27-19(17)12-16)13-22-14-18(20-3-2-10-28-20)23-6-8-26-9-7-23/h2-5,10-12,18,22H,6-9,13-14H2,1H3/p+2/t18-/m1/s1. The highest BCUT2D eigenvalue weighted by atomic mass is 32.1. The van der Waals surface area contributed by atoms with Crippen LogP contribution in [0.25, 0.3) is 11.0 Å². The fraction of sp³-hybridized carbons (Fsp3) is 0.381. The zero-order valence-corrected chi connectivity index (χ0v) is 16.8. The Kier molecular flexibility index (Phi) is 6.07. The van der Waals surface area contributed by atoms with Crippen LogP contribution in [-0.2, 0) is 11.3 Å². The number of nitrogens with two attached hydrogens (primary N) is 1. The van der Waals surface area contributed by atoms with Gasteiger partial charge in [0.05, 0.1) is 25.2 Å². The number of ether oxygens (including phenoxy) is 2. The number of methoxy groups -OCH3 is 1. The van der Waals surface area contributed by atoms with Gasteiger partial charge in [-0.2, -0.15) is 0 Å². The maximum atomic E-state index is 12.0. The smallest absolute Gasteiger partial charge is 0.336 e. The normalized spacial score (nSPS) is 16.3. The first-order valence-corrected chi connectivity index (χ1v) is 10.5. The quantitative estimate of drug-likeness (QED) is 0.568. The Bertz CT molecular complexity index is 964. The van der Waals surface area contributed by atoms with Crippen molar-refractivity contribution in [3.63, 3.8) is 0 Å². The summed E-state index contributed by atoms with van der Waals surface area (Å²) in [5, 5.41) is 5.40. The van der Waals surface area contributed by atoms with Crippen molar-refractivity contribution in [3.8, 4) is 5.75 Å². The molecule has 1 atom stereocenters. The molecule has 3 heterocycles. The van der Waals surface area contributed by atoms with Crippen molar-refractivity contribution in [1.29, 1.82) is 0 Å². The summed E-state index contributed by atoms with van der Waals surface area (Å²) in [6.45, 7) is 5.42. The minimum atomic E-state index is -0.322. The van der Waals surface area contributed by atoms with E-state index in [1.165, 1.54) is 4.88 Å². The van der Waals surface area contributed by atoms with E-state index in [9.17, 15) is 4.79 Å². The van der Waals surface area contributed by atoms with Crippen molar-refractivity contribution in [2.45, 2.75) is 12.6 Å². The number of fused-ring (bicyclic) bond motifs is 1.